The van der Waals surface area contributed by atoms with Gasteiger partial charge in [-0.15, -0.1) is 0 Å². The van der Waals surface area contributed by atoms with Gasteiger partial charge in [-0.1, -0.05) is 30.3 Å². The van der Waals surface area contributed by atoms with Crippen LogP contribution in [-0.2, 0) is 0 Å². The van der Waals surface area contributed by atoms with Crippen molar-refractivity contribution >= 4 is 11.8 Å². The van der Waals surface area contributed by atoms with Crippen molar-refractivity contribution in [3.8, 4) is 5.88 Å². The zero-order valence-electron chi connectivity index (χ0n) is 10.4. The third-order valence-electron chi connectivity index (χ3n) is 2.54. The number of ether oxygens (including phenoxy) is 1. The molecule has 0 bridgehead atoms. The van der Waals surface area contributed by atoms with Crippen molar-refractivity contribution in [3.63, 3.8) is 0 Å². The second kappa shape index (κ2) is 5.35. The number of nitrogens with one attached hydrogen (secondary N) is 1. The average Bonchev–Trinajstić information content (AvgIpc) is 2.39. The molecule has 2 rings (SSSR count). The maximum Gasteiger partial charge on any atom is 0.225 e. The van der Waals surface area contributed by atoms with Gasteiger partial charge < -0.3 is 15.8 Å². The number of nitrogen functional groups attached to an aromatic ring is 1. The fourth-order valence-corrected chi connectivity index (χ4v) is 1.60. The number of hydrogen-bond acceptors (Lipinski definition) is 5. The molecule has 5 nitrogen and oxygen atoms in total. The summed E-state index contributed by atoms with van der Waals surface area (Å²) in [5.41, 5.74) is 6.69. The summed E-state index contributed by atoms with van der Waals surface area (Å²) in [6.45, 7) is 1.96. The van der Waals surface area contributed by atoms with Crippen molar-refractivity contribution in [2.24, 2.45) is 0 Å². The Hall–Kier alpha value is -2.30. The van der Waals surface area contributed by atoms with Gasteiger partial charge in [-0.2, -0.15) is 9.97 Å². The zero-order valence-corrected chi connectivity index (χ0v) is 10.4. The highest BCUT2D eigenvalue weighted by Gasteiger charge is 2.09. The minimum absolute atomic E-state index is 0.0924. The summed E-state index contributed by atoms with van der Waals surface area (Å²) in [5.74, 6) is 1.29. The van der Waals surface area contributed by atoms with Crippen molar-refractivity contribution in [2.75, 3.05) is 18.1 Å². The van der Waals surface area contributed by atoms with E-state index in [-0.39, 0.29) is 12.1 Å². The standard InChI is InChI=1S/C13H16N4O/c1-9(10-6-4-3-5-7-10)18-12-8-11(15-2)16-13(14)17-12/h3-9H,1-2H3,(H3,14,15,16,17)/t9-/m0/s1. The zero-order chi connectivity index (χ0) is 13.0. The van der Waals surface area contributed by atoms with Gasteiger partial charge in [0.15, 0.2) is 0 Å². The molecule has 0 radical (unpaired) electrons. The largest absolute Gasteiger partial charge is 0.470 e. The van der Waals surface area contributed by atoms with Crippen LogP contribution in [0, 0.1) is 0 Å². The van der Waals surface area contributed by atoms with Crippen LogP contribution in [0.2, 0.25) is 0 Å². The van der Waals surface area contributed by atoms with E-state index in [2.05, 4.69) is 15.3 Å². The maximum atomic E-state index is 5.75. The maximum absolute atomic E-state index is 5.75. The minimum Gasteiger partial charge on any atom is -0.470 e. The third-order valence-corrected chi connectivity index (χ3v) is 2.54. The van der Waals surface area contributed by atoms with Gasteiger partial charge in [-0.05, 0) is 12.5 Å². The lowest BCUT2D eigenvalue weighted by Gasteiger charge is -2.14. The van der Waals surface area contributed by atoms with E-state index in [4.69, 9.17) is 10.5 Å². The Morgan fingerprint density at radius 1 is 1.22 bits per heavy atom. The van der Waals surface area contributed by atoms with Crippen LogP contribution in [0.4, 0.5) is 11.8 Å². The van der Waals surface area contributed by atoms with Crippen LogP contribution < -0.4 is 15.8 Å². The lowest BCUT2D eigenvalue weighted by Crippen LogP contribution is -2.07. The summed E-state index contributed by atoms with van der Waals surface area (Å²) < 4.78 is 5.75. The van der Waals surface area contributed by atoms with Gasteiger partial charge in [0.2, 0.25) is 11.8 Å². The number of nitrogens with zero attached hydrogens (tertiary/aromatic N) is 2. The first-order valence-corrected chi connectivity index (χ1v) is 5.73. The molecule has 1 aromatic carbocycles. The topological polar surface area (TPSA) is 73.1 Å². The summed E-state index contributed by atoms with van der Waals surface area (Å²) in [6.07, 6.45) is -0.0924. The first-order chi connectivity index (χ1) is 8.69. The third kappa shape index (κ3) is 2.88. The van der Waals surface area contributed by atoms with Crippen molar-refractivity contribution in [1.82, 2.24) is 9.97 Å². The number of nitrogens with two attached hydrogens (primary N) is 1. The summed E-state index contributed by atoms with van der Waals surface area (Å²) in [5, 5.41) is 2.91. The minimum atomic E-state index is -0.0924. The Morgan fingerprint density at radius 3 is 2.61 bits per heavy atom. The normalized spacial score (nSPS) is 11.9. The Balaban J connectivity index is 2.16. The van der Waals surface area contributed by atoms with Gasteiger partial charge >= 0.3 is 0 Å². The van der Waals surface area contributed by atoms with Gasteiger partial charge in [-0.25, -0.2) is 0 Å². The van der Waals surface area contributed by atoms with Crippen LogP contribution >= 0.6 is 0 Å². The van der Waals surface area contributed by atoms with Crippen molar-refractivity contribution < 1.29 is 4.74 Å². The van der Waals surface area contributed by atoms with E-state index < -0.39 is 0 Å². The summed E-state index contributed by atoms with van der Waals surface area (Å²) >= 11 is 0. The molecule has 0 aliphatic heterocycles. The highest BCUT2D eigenvalue weighted by Crippen LogP contribution is 2.22. The summed E-state index contributed by atoms with van der Waals surface area (Å²) in [7, 11) is 1.77. The molecule has 0 aliphatic rings. The Kier molecular flexibility index (Phi) is 3.62. The average molecular weight is 244 g/mol. The SMILES string of the molecule is CNc1cc(O[C@@H](C)c2ccccc2)nc(N)n1. The quantitative estimate of drug-likeness (QED) is 0.862. The molecule has 1 atom stereocenters. The molecule has 3 N–H and O–H groups in total. The molecule has 0 amide bonds. The van der Waals surface area contributed by atoms with E-state index in [1.165, 1.54) is 0 Å². The first kappa shape index (κ1) is 12.2. The number of benzene rings is 1. The molecule has 0 aliphatic carbocycles. The number of aromatic nitrogens is 2. The second-order valence-electron chi connectivity index (χ2n) is 3.87. The Labute approximate surface area is 106 Å². The molecular formula is C13H16N4O. The van der Waals surface area contributed by atoms with Crippen molar-refractivity contribution in [1.29, 1.82) is 0 Å². The van der Waals surface area contributed by atoms with E-state index in [9.17, 15) is 0 Å². The van der Waals surface area contributed by atoms with Gasteiger partial charge in [0, 0.05) is 13.1 Å². The molecule has 0 saturated carbocycles. The van der Waals surface area contributed by atoms with Crippen LogP contribution in [0.5, 0.6) is 5.88 Å². The van der Waals surface area contributed by atoms with Crippen molar-refractivity contribution in [3.05, 3.63) is 42.0 Å². The highest BCUT2D eigenvalue weighted by molar-refractivity contribution is 5.42. The molecule has 0 unspecified atom stereocenters. The Morgan fingerprint density at radius 2 is 1.94 bits per heavy atom. The van der Waals surface area contributed by atoms with Gasteiger partial charge in [0.1, 0.15) is 11.9 Å². The summed E-state index contributed by atoms with van der Waals surface area (Å²) in [6, 6.07) is 11.7. The van der Waals surface area contributed by atoms with Crippen LogP contribution in [0.15, 0.2) is 36.4 Å². The molecular weight excluding hydrogens is 228 g/mol. The van der Waals surface area contributed by atoms with E-state index >= 15 is 0 Å². The highest BCUT2D eigenvalue weighted by atomic mass is 16.5. The van der Waals surface area contributed by atoms with Crippen molar-refractivity contribution in [2.45, 2.75) is 13.0 Å². The molecule has 0 spiro atoms. The first-order valence-electron chi connectivity index (χ1n) is 5.73. The van der Waals surface area contributed by atoms with Crippen LogP contribution in [0.3, 0.4) is 0 Å². The monoisotopic (exact) mass is 244 g/mol. The van der Waals surface area contributed by atoms with Crippen LogP contribution in [0.25, 0.3) is 0 Å². The second-order valence-corrected chi connectivity index (χ2v) is 3.87. The number of rotatable bonds is 4. The molecule has 1 aromatic heterocycles. The summed E-state index contributed by atoms with van der Waals surface area (Å²) in [4.78, 5) is 8.06. The van der Waals surface area contributed by atoms with E-state index in [0.717, 1.165) is 5.56 Å². The van der Waals surface area contributed by atoms with Gasteiger partial charge in [0.25, 0.3) is 0 Å². The Bertz CT molecular complexity index is 516. The van der Waals surface area contributed by atoms with Gasteiger partial charge in [-0.3, -0.25) is 0 Å². The van der Waals surface area contributed by atoms with Gasteiger partial charge in [0.05, 0.1) is 0 Å². The van der Waals surface area contributed by atoms with Crippen LogP contribution in [-0.4, -0.2) is 17.0 Å². The molecule has 2 aromatic rings. The predicted octanol–water partition coefficient (Wildman–Crippen LogP) is 2.24. The van der Waals surface area contributed by atoms with E-state index in [0.29, 0.717) is 11.7 Å². The fourth-order valence-electron chi connectivity index (χ4n) is 1.60. The van der Waals surface area contributed by atoms with E-state index in [1.807, 2.05) is 37.3 Å². The lowest BCUT2D eigenvalue weighted by molar-refractivity contribution is 0.217. The molecule has 18 heavy (non-hydrogen) atoms. The lowest BCUT2D eigenvalue weighted by atomic mass is 10.1. The van der Waals surface area contributed by atoms with Crippen LogP contribution in [0.1, 0.15) is 18.6 Å². The molecule has 0 saturated heterocycles. The predicted molar refractivity (Wildman–Crippen MR) is 71.5 cm³/mol. The molecule has 0 fully saturated rings. The fraction of sp³-hybridized carbons (Fsp3) is 0.231. The molecule has 1 heterocycles. The smallest absolute Gasteiger partial charge is 0.225 e. The molecule has 5 heteroatoms. The molecule has 94 valence electrons. The number of anilines is 2. The number of hydrogen-bond donors (Lipinski definition) is 2. The van der Waals surface area contributed by atoms with E-state index in [1.54, 1.807) is 13.1 Å².